The quantitative estimate of drug-likeness (QED) is 0.293. The maximum atomic E-state index is 12.3. The van der Waals surface area contributed by atoms with Crippen molar-refractivity contribution in [2.24, 2.45) is 5.92 Å². The molecule has 3 aromatic rings. The molecule has 186 valence electrons. The van der Waals surface area contributed by atoms with Crippen LogP contribution in [0.2, 0.25) is 0 Å². The van der Waals surface area contributed by atoms with Gasteiger partial charge in [0.1, 0.15) is 12.4 Å². The summed E-state index contributed by atoms with van der Waals surface area (Å²) < 4.78 is 21.5. The molecule has 0 aliphatic heterocycles. The van der Waals surface area contributed by atoms with E-state index in [2.05, 4.69) is 10.5 Å². The van der Waals surface area contributed by atoms with Crippen LogP contribution in [-0.2, 0) is 20.9 Å². The molecule has 0 spiro atoms. The van der Waals surface area contributed by atoms with Crippen molar-refractivity contribution in [2.45, 2.75) is 40.3 Å². The Hall–Kier alpha value is -3.59. The second-order valence-corrected chi connectivity index (χ2v) is 9.23. The zero-order chi connectivity index (χ0) is 25.4. The number of ether oxygens (including phenoxy) is 3. The van der Waals surface area contributed by atoms with Gasteiger partial charge in [-0.25, -0.2) is 4.79 Å². The minimum atomic E-state index is -0.616. The van der Waals surface area contributed by atoms with Crippen LogP contribution >= 0.6 is 11.3 Å². The standard InChI is InChI=1S/C26H30N2O6S/c1-16(2)26(23-7-6-12-35-23)27-24(29)15-33-25(30)11-9-19-8-10-21(22(13-19)31-5)32-14-20-17(3)28-34-18(20)4/h6-13,16,26H,14-15H2,1-5H3,(H,27,29)/b11-9+. The first-order chi connectivity index (χ1) is 16.8. The van der Waals surface area contributed by atoms with Gasteiger partial charge in [-0.2, -0.15) is 0 Å². The van der Waals surface area contributed by atoms with Gasteiger partial charge < -0.3 is 24.1 Å². The van der Waals surface area contributed by atoms with E-state index in [1.54, 1.807) is 42.7 Å². The van der Waals surface area contributed by atoms with Crippen LogP contribution < -0.4 is 14.8 Å². The number of nitrogens with zero attached hydrogens (tertiary/aromatic N) is 1. The number of carbonyl (C=O) groups excluding carboxylic acids is 2. The average Bonchev–Trinajstić information content (AvgIpc) is 3.48. The average molecular weight is 499 g/mol. The van der Waals surface area contributed by atoms with Crippen molar-refractivity contribution in [3.63, 3.8) is 0 Å². The zero-order valence-corrected chi connectivity index (χ0v) is 21.3. The summed E-state index contributed by atoms with van der Waals surface area (Å²) in [6, 6.07) is 9.09. The SMILES string of the molecule is COc1cc(/C=C/C(=O)OCC(=O)NC(c2cccs2)C(C)C)ccc1OCc1c(C)noc1C. The molecule has 9 heteroatoms. The lowest BCUT2D eigenvalue weighted by atomic mass is 10.0. The summed E-state index contributed by atoms with van der Waals surface area (Å²) in [5.41, 5.74) is 2.38. The third-order valence-electron chi connectivity index (χ3n) is 5.33. The molecule has 1 N–H and O–H groups in total. The minimum absolute atomic E-state index is 0.123. The van der Waals surface area contributed by atoms with Gasteiger partial charge >= 0.3 is 5.97 Å². The van der Waals surface area contributed by atoms with Crippen molar-refractivity contribution in [1.29, 1.82) is 0 Å². The van der Waals surface area contributed by atoms with Gasteiger partial charge in [0, 0.05) is 11.0 Å². The molecule has 3 rings (SSSR count). The highest BCUT2D eigenvalue weighted by Gasteiger charge is 2.19. The summed E-state index contributed by atoms with van der Waals surface area (Å²) in [6.45, 7) is 7.69. The second kappa shape index (κ2) is 12.2. The molecule has 1 aromatic carbocycles. The van der Waals surface area contributed by atoms with Crippen LogP contribution in [0.25, 0.3) is 6.08 Å². The number of methoxy groups -OCH3 is 1. The smallest absolute Gasteiger partial charge is 0.331 e. The number of hydrogen-bond acceptors (Lipinski definition) is 8. The number of amides is 1. The fourth-order valence-electron chi connectivity index (χ4n) is 3.36. The first-order valence-electron chi connectivity index (χ1n) is 11.2. The van der Waals surface area contributed by atoms with E-state index in [1.165, 1.54) is 6.08 Å². The molecular formula is C26H30N2O6S. The van der Waals surface area contributed by atoms with Crippen LogP contribution in [0, 0.1) is 19.8 Å². The van der Waals surface area contributed by atoms with Crippen LogP contribution in [0.1, 0.15) is 47.3 Å². The predicted octanol–water partition coefficient (Wildman–Crippen LogP) is 5.01. The van der Waals surface area contributed by atoms with Crippen molar-refractivity contribution in [3.8, 4) is 11.5 Å². The van der Waals surface area contributed by atoms with E-state index >= 15 is 0 Å². The highest BCUT2D eigenvalue weighted by Crippen LogP contribution is 2.30. The Labute approximate surface area is 208 Å². The zero-order valence-electron chi connectivity index (χ0n) is 20.5. The molecule has 0 aliphatic rings. The van der Waals surface area contributed by atoms with Gasteiger partial charge in [0.2, 0.25) is 0 Å². The maximum absolute atomic E-state index is 12.3. The molecule has 2 heterocycles. The number of thiophene rings is 1. The number of carbonyl (C=O) groups is 2. The van der Waals surface area contributed by atoms with Crippen molar-refractivity contribution in [3.05, 3.63) is 69.2 Å². The number of rotatable bonds is 11. The van der Waals surface area contributed by atoms with Crippen LogP contribution in [0.15, 0.2) is 46.3 Å². The van der Waals surface area contributed by atoms with Gasteiger partial charge in [-0.05, 0) is 55.0 Å². The Kier molecular flexibility index (Phi) is 9.08. The largest absolute Gasteiger partial charge is 0.493 e. The van der Waals surface area contributed by atoms with Crippen LogP contribution in [-0.4, -0.2) is 30.7 Å². The van der Waals surface area contributed by atoms with Crippen molar-refractivity contribution in [2.75, 3.05) is 13.7 Å². The highest BCUT2D eigenvalue weighted by molar-refractivity contribution is 7.10. The summed E-state index contributed by atoms with van der Waals surface area (Å²) in [5.74, 6) is 1.02. The molecule has 35 heavy (non-hydrogen) atoms. The summed E-state index contributed by atoms with van der Waals surface area (Å²) in [6.07, 6.45) is 2.86. The van der Waals surface area contributed by atoms with E-state index in [0.29, 0.717) is 29.4 Å². The predicted molar refractivity (Wildman–Crippen MR) is 133 cm³/mol. The topological polar surface area (TPSA) is 99.9 Å². The number of nitrogens with one attached hydrogen (secondary N) is 1. The molecular weight excluding hydrogens is 468 g/mol. The number of hydrogen-bond donors (Lipinski definition) is 1. The Bertz CT molecular complexity index is 1150. The summed E-state index contributed by atoms with van der Waals surface area (Å²) in [7, 11) is 1.54. The van der Waals surface area contributed by atoms with Gasteiger partial charge in [0.25, 0.3) is 5.91 Å². The van der Waals surface area contributed by atoms with E-state index in [9.17, 15) is 9.59 Å². The third kappa shape index (κ3) is 7.19. The molecule has 1 amide bonds. The molecule has 0 fully saturated rings. The third-order valence-corrected chi connectivity index (χ3v) is 6.29. The summed E-state index contributed by atoms with van der Waals surface area (Å²) in [5, 5.41) is 8.82. The molecule has 8 nitrogen and oxygen atoms in total. The van der Waals surface area contributed by atoms with E-state index in [0.717, 1.165) is 16.1 Å². The Balaban J connectivity index is 1.53. The van der Waals surface area contributed by atoms with E-state index in [1.807, 2.05) is 45.2 Å². The number of aromatic nitrogens is 1. The number of esters is 1. The van der Waals surface area contributed by atoms with Gasteiger partial charge in [0.05, 0.1) is 24.4 Å². The van der Waals surface area contributed by atoms with Crippen LogP contribution in [0.5, 0.6) is 11.5 Å². The maximum Gasteiger partial charge on any atom is 0.331 e. The lowest BCUT2D eigenvalue weighted by Gasteiger charge is -2.21. The van der Waals surface area contributed by atoms with Gasteiger partial charge in [-0.15, -0.1) is 11.3 Å². The molecule has 1 unspecified atom stereocenters. The first kappa shape index (κ1) is 26.0. The van der Waals surface area contributed by atoms with Gasteiger partial charge in [-0.3, -0.25) is 4.79 Å². The molecule has 2 aromatic heterocycles. The fourth-order valence-corrected chi connectivity index (χ4v) is 4.31. The Morgan fingerprint density at radius 2 is 2.00 bits per heavy atom. The molecule has 0 radical (unpaired) electrons. The summed E-state index contributed by atoms with van der Waals surface area (Å²) in [4.78, 5) is 25.5. The highest BCUT2D eigenvalue weighted by atomic mass is 32.1. The van der Waals surface area contributed by atoms with Crippen LogP contribution in [0.3, 0.4) is 0 Å². The van der Waals surface area contributed by atoms with Crippen molar-refractivity contribution < 1.29 is 28.3 Å². The molecule has 0 saturated carbocycles. The normalized spacial score (nSPS) is 12.1. The van der Waals surface area contributed by atoms with Gasteiger partial charge in [-0.1, -0.05) is 31.1 Å². The van der Waals surface area contributed by atoms with Crippen molar-refractivity contribution >= 4 is 29.3 Å². The second-order valence-electron chi connectivity index (χ2n) is 8.25. The molecule has 0 aliphatic carbocycles. The molecule has 1 atom stereocenters. The molecule has 0 saturated heterocycles. The fraction of sp³-hybridized carbons (Fsp3) is 0.346. The lowest BCUT2D eigenvalue weighted by Crippen LogP contribution is -2.34. The van der Waals surface area contributed by atoms with E-state index in [4.69, 9.17) is 18.7 Å². The number of aryl methyl sites for hydroxylation is 2. The summed E-state index contributed by atoms with van der Waals surface area (Å²) >= 11 is 1.58. The monoisotopic (exact) mass is 498 g/mol. The van der Waals surface area contributed by atoms with Crippen molar-refractivity contribution in [1.82, 2.24) is 10.5 Å². The lowest BCUT2D eigenvalue weighted by molar-refractivity contribution is -0.144. The van der Waals surface area contributed by atoms with E-state index in [-0.39, 0.29) is 24.5 Å². The van der Waals surface area contributed by atoms with Crippen LogP contribution in [0.4, 0.5) is 0 Å². The first-order valence-corrected chi connectivity index (χ1v) is 12.1. The van der Waals surface area contributed by atoms with Gasteiger partial charge in [0.15, 0.2) is 18.1 Å². The number of benzene rings is 1. The Morgan fingerprint density at radius 3 is 2.63 bits per heavy atom. The Morgan fingerprint density at radius 1 is 1.20 bits per heavy atom. The minimum Gasteiger partial charge on any atom is -0.493 e. The van der Waals surface area contributed by atoms with E-state index < -0.39 is 5.97 Å². The molecule has 0 bridgehead atoms.